The van der Waals surface area contributed by atoms with Crippen LogP contribution in [0.3, 0.4) is 0 Å². The third kappa shape index (κ3) is 3.92. The average Bonchev–Trinajstić information content (AvgIpc) is 2.63. The topological polar surface area (TPSA) is 23.6 Å². The van der Waals surface area contributed by atoms with Crippen molar-refractivity contribution in [3.63, 3.8) is 0 Å². The lowest BCUT2D eigenvalue weighted by molar-refractivity contribution is -0.126. The molecule has 3 nitrogen and oxygen atoms in total. The van der Waals surface area contributed by atoms with Crippen LogP contribution in [0.25, 0.3) is 6.08 Å². The fraction of sp³-hybridized carbons (Fsp3) is 0.211. The molecule has 24 heavy (non-hydrogen) atoms. The second kappa shape index (κ2) is 7.73. The number of rotatable bonds is 3. The van der Waals surface area contributed by atoms with Crippen LogP contribution in [-0.4, -0.2) is 37.0 Å². The van der Waals surface area contributed by atoms with Crippen molar-refractivity contribution >= 4 is 40.9 Å². The quantitative estimate of drug-likeness (QED) is 0.759. The van der Waals surface area contributed by atoms with Crippen LogP contribution in [0.5, 0.6) is 0 Å². The molecule has 2 aromatic rings. The molecule has 1 fully saturated rings. The van der Waals surface area contributed by atoms with Crippen molar-refractivity contribution in [2.75, 3.05) is 31.1 Å². The summed E-state index contributed by atoms with van der Waals surface area (Å²) in [4.78, 5) is 16.5. The van der Waals surface area contributed by atoms with Crippen molar-refractivity contribution in [1.29, 1.82) is 0 Å². The minimum Gasteiger partial charge on any atom is -0.368 e. The predicted molar refractivity (Wildman–Crippen MR) is 101 cm³/mol. The maximum absolute atomic E-state index is 12.4. The van der Waals surface area contributed by atoms with Crippen molar-refractivity contribution in [3.05, 3.63) is 70.2 Å². The molecule has 2 aromatic carbocycles. The average molecular weight is 361 g/mol. The first-order valence-corrected chi connectivity index (χ1v) is 8.62. The molecule has 0 aliphatic carbocycles. The van der Waals surface area contributed by atoms with E-state index in [-0.39, 0.29) is 5.91 Å². The molecule has 1 amide bonds. The Morgan fingerprint density at radius 1 is 0.917 bits per heavy atom. The number of hydrogen-bond donors (Lipinski definition) is 0. The van der Waals surface area contributed by atoms with Gasteiger partial charge in [-0.05, 0) is 29.8 Å². The van der Waals surface area contributed by atoms with Gasteiger partial charge in [0, 0.05) is 37.9 Å². The number of benzene rings is 2. The van der Waals surface area contributed by atoms with Gasteiger partial charge in [0.25, 0.3) is 0 Å². The lowest BCUT2D eigenvalue weighted by Crippen LogP contribution is -2.48. The summed E-state index contributed by atoms with van der Waals surface area (Å²) in [6, 6.07) is 15.6. The summed E-state index contributed by atoms with van der Waals surface area (Å²) in [5.74, 6) is -0.00115. The van der Waals surface area contributed by atoms with Crippen LogP contribution < -0.4 is 4.90 Å². The van der Waals surface area contributed by atoms with E-state index in [0.717, 1.165) is 18.7 Å². The van der Waals surface area contributed by atoms with Gasteiger partial charge in [-0.25, -0.2) is 0 Å². The number of carbonyl (C=O) groups excluding carboxylic acids is 1. The van der Waals surface area contributed by atoms with E-state index in [4.69, 9.17) is 23.2 Å². The third-order valence-electron chi connectivity index (χ3n) is 4.10. The molecule has 124 valence electrons. The van der Waals surface area contributed by atoms with E-state index in [2.05, 4.69) is 17.0 Å². The number of halogens is 2. The van der Waals surface area contributed by atoms with E-state index < -0.39 is 0 Å². The largest absolute Gasteiger partial charge is 0.368 e. The van der Waals surface area contributed by atoms with Gasteiger partial charge in [0.05, 0.1) is 10.0 Å². The summed E-state index contributed by atoms with van der Waals surface area (Å²) in [6.45, 7) is 3.09. The highest BCUT2D eigenvalue weighted by atomic mass is 35.5. The van der Waals surface area contributed by atoms with Crippen LogP contribution in [0.2, 0.25) is 10.0 Å². The van der Waals surface area contributed by atoms with Gasteiger partial charge in [-0.2, -0.15) is 0 Å². The highest BCUT2D eigenvalue weighted by Gasteiger charge is 2.19. The van der Waals surface area contributed by atoms with Gasteiger partial charge >= 0.3 is 0 Å². The molecule has 0 spiro atoms. The number of anilines is 1. The summed E-state index contributed by atoms with van der Waals surface area (Å²) in [7, 11) is 0. The minimum atomic E-state index is -0.00115. The second-order valence-electron chi connectivity index (χ2n) is 5.62. The Labute approximate surface area is 152 Å². The molecule has 0 atom stereocenters. The molecule has 1 aliphatic heterocycles. The summed E-state index contributed by atoms with van der Waals surface area (Å²) in [6.07, 6.45) is 3.29. The monoisotopic (exact) mass is 360 g/mol. The fourth-order valence-electron chi connectivity index (χ4n) is 2.74. The normalized spacial score (nSPS) is 15.1. The van der Waals surface area contributed by atoms with E-state index in [9.17, 15) is 4.79 Å². The van der Waals surface area contributed by atoms with Gasteiger partial charge in [0.1, 0.15) is 0 Å². The summed E-state index contributed by atoms with van der Waals surface area (Å²) >= 11 is 12.1. The highest BCUT2D eigenvalue weighted by molar-refractivity contribution is 6.42. The molecule has 1 saturated heterocycles. The Morgan fingerprint density at radius 3 is 2.33 bits per heavy atom. The van der Waals surface area contributed by atoms with Crippen molar-refractivity contribution in [2.45, 2.75) is 0 Å². The zero-order valence-electron chi connectivity index (χ0n) is 13.2. The summed E-state index contributed by atoms with van der Waals surface area (Å²) < 4.78 is 0. The molecule has 3 rings (SSSR count). The smallest absolute Gasteiger partial charge is 0.246 e. The Hall–Kier alpha value is -1.97. The number of hydrogen-bond acceptors (Lipinski definition) is 2. The number of para-hydroxylation sites is 1. The van der Waals surface area contributed by atoms with E-state index in [1.54, 1.807) is 18.2 Å². The van der Waals surface area contributed by atoms with Gasteiger partial charge in [-0.15, -0.1) is 0 Å². The Bertz CT molecular complexity index is 738. The van der Waals surface area contributed by atoms with Crippen molar-refractivity contribution in [3.8, 4) is 0 Å². The molecule has 5 heteroatoms. The number of nitrogens with zero attached hydrogens (tertiary/aromatic N) is 2. The molecule has 1 aliphatic rings. The van der Waals surface area contributed by atoms with Crippen LogP contribution >= 0.6 is 23.2 Å². The van der Waals surface area contributed by atoms with Gasteiger partial charge in [-0.3, -0.25) is 4.79 Å². The maximum Gasteiger partial charge on any atom is 0.246 e. The molecular formula is C19H18Cl2N2O. The minimum absolute atomic E-state index is 0.00115. The molecule has 0 radical (unpaired) electrons. The molecular weight excluding hydrogens is 343 g/mol. The van der Waals surface area contributed by atoms with Gasteiger partial charge in [-0.1, -0.05) is 53.5 Å². The lowest BCUT2D eigenvalue weighted by atomic mass is 10.2. The first kappa shape index (κ1) is 16.9. The SMILES string of the molecule is O=C(/C=C/c1cccc(Cl)c1Cl)N1CCN(c2ccccc2)CC1. The first-order chi connectivity index (χ1) is 11.6. The number of amides is 1. The van der Waals surface area contributed by atoms with Gasteiger partial charge in [0.2, 0.25) is 5.91 Å². The Kier molecular flexibility index (Phi) is 5.44. The van der Waals surface area contributed by atoms with Crippen molar-refractivity contribution < 1.29 is 4.79 Å². The molecule has 0 unspecified atom stereocenters. The van der Waals surface area contributed by atoms with Gasteiger partial charge in [0.15, 0.2) is 0 Å². The molecule has 0 aromatic heterocycles. The van der Waals surface area contributed by atoms with E-state index in [0.29, 0.717) is 23.1 Å². The fourth-order valence-corrected chi connectivity index (χ4v) is 3.11. The Balaban J connectivity index is 1.59. The number of carbonyl (C=O) groups is 1. The first-order valence-electron chi connectivity index (χ1n) is 7.86. The third-order valence-corrected chi connectivity index (χ3v) is 4.93. The lowest BCUT2D eigenvalue weighted by Gasteiger charge is -2.35. The summed E-state index contributed by atoms with van der Waals surface area (Å²) in [5.41, 5.74) is 1.95. The van der Waals surface area contributed by atoms with Crippen molar-refractivity contribution in [2.24, 2.45) is 0 Å². The van der Waals surface area contributed by atoms with Crippen LogP contribution in [0.15, 0.2) is 54.6 Å². The van der Waals surface area contributed by atoms with Crippen molar-refractivity contribution in [1.82, 2.24) is 4.90 Å². The highest BCUT2D eigenvalue weighted by Crippen LogP contribution is 2.26. The standard InChI is InChI=1S/C19H18Cl2N2O/c20-17-8-4-5-15(19(17)21)9-10-18(24)23-13-11-22(12-14-23)16-6-2-1-3-7-16/h1-10H,11-14H2/b10-9+. The van der Waals surface area contributed by atoms with Crippen LogP contribution in [0, 0.1) is 0 Å². The second-order valence-corrected chi connectivity index (χ2v) is 6.41. The Morgan fingerprint density at radius 2 is 1.62 bits per heavy atom. The van der Waals surface area contributed by atoms with E-state index in [1.165, 1.54) is 5.69 Å². The van der Waals surface area contributed by atoms with Crippen LogP contribution in [-0.2, 0) is 4.79 Å². The summed E-state index contributed by atoms with van der Waals surface area (Å²) in [5, 5.41) is 0.958. The van der Waals surface area contributed by atoms with Gasteiger partial charge < -0.3 is 9.80 Å². The van der Waals surface area contributed by atoms with Crippen LogP contribution in [0.4, 0.5) is 5.69 Å². The van der Waals surface area contributed by atoms with E-state index in [1.807, 2.05) is 35.2 Å². The molecule has 0 bridgehead atoms. The maximum atomic E-state index is 12.4. The number of piperazine rings is 1. The molecule has 1 heterocycles. The van der Waals surface area contributed by atoms with E-state index >= 15 is 0 Å². The molecule has 0 saturated carbocycles. The molecule has 0 N–H and O–H groups in total. The zero-order valence-corrected chi connectivity index (χ0v) is 14.7. The van der Waals surface area contributed by atoms with Crippen LogP contribution in [0.1, 0.15) is 5.56 Å². The predicted octanol–water partition coefficient (Wildman–Crippen LogP) is 4.36. The zero-order chi connectivity index (χ0) is 16.9.